The fourth-order valence-electron chi connectivity index (χ4n) is 2.18. The van der Waals surface area contributed by atoms with Crippen LogP contribution in [0.25, 0.3) is 0 Å². The normalized spacial score (nSPS) is 22.5. The molecule has 1 fully saturated rings. The van der Waals surface area contributed by atoms with Crippen LogP contribution in [0.3, 0.4) is 0 Å². The molecule has 0 aromatic carbocycles. The number of aliphatic hydroxyl groups excluding tert-OH is 1. The van der Waals surface area contributed by atoms with Crippen LogP contribution in [-0.2, 0) is 13.2 Å². The second-order valence-corrected chi connectivity index (χ2v) is 4.51. The molecule has 1 aliphatic heterocycles. The van der Waals surface area contributed by atoms with Crippen molar-refractivity contribution in [2.75, 3.05) is 20.1 Å². The Labute approximate surface area is 96.2 Å². The predicted octanol–water partition coefficient (Wildman–Crippen LogP) is 0.956. The van der Waals surface area contributed by atoms with Crippen molar-refractivity contribution in [3.05, 3.63) is 23.7 Å². The maximum atomic E-state index is 8.88. The van der Waals surface area contributed by atoms with E-state index in [0.717, 1.165) is 18.8 Å². The predicted molar refractivity (Wildman–Crippen MR) is 62.0 cm³/mol. The molecule has 0 spiro atoms. The third-order valence-corrected chi connectivity index (χ3v) is 3.06. The number of likely N-dealkylation sites (tertiary alicyclic amines) is 1. The number of piperidine rings is 1. The van der Waals surface area contributed by atoms with E-state index in [0.29, 0.717) is 11.8 Å². The molecule has 2 rings (SSSR count). The van der Waals surface area contributed by atoms with Crippen molar-refractivity contribution in [1.29, 1.82) is 0 Å². The maximum Gasteiger partial charge on any atom is 0.129 e. The zero-order valence-electron chi connectivity index (χ0n) is 9.78. The highest BCUT2D eigenvalue weighted by atomic mass is 16.4. The number of hydrogen-bond acceptors (Lipinski definition) is 4. The van der Waals surface area contributed by atoms with Crippen LogP contribution in [0.1, 0.15) is 24.4 Å². The molecule has 2 heterocycles. The summed E-state index contributed by atoms with van der Waals surface area (Å²) in [6.07, 6.45) is 2.49. The van der Waals surface area contributed by atoms with Gasteiger partial charge in [0, 0.05) is 12.6 Å². The van der Waals surface area contributed by atoms with Crippen molar-refractivity contribution in [3.8, 4) is 0 Å². The van der Waals surface area contributed by atoms with E-state index in [-0.39, 0.29) is 6.61 Å². The Morgan fingerprint density at radius 3 is 3.00 bits per heavy atom. The van der Waals surface area contributed by atoms with Crippen LogP contribution >= 0.6 is 0 Å². The summed E-state index contributed by atoms with van der Waals surface area (Å²) >= 11 is 0. The SMILES string of the molecule is CN1CCCC(NCc2ccc(CO)o2)C1. The van der Waals surface area contributed by atoms with Gasteiger partial charge in [0.1, 0.15) is 18.1 Å². The second-order valence-electron chi connectivity index (χ2n) is 4.51. The van der Waals surface area contributed by atoms with E-state index < -0.39 is 0 Å². The quantitative estimate of drug-likeness (QED) is 0.799. The van der Waals surface area contributed by atoms with Crippen LogP contribution < -0.4 is 5.32 Å². The summed E-state index contributed by atoms with van der Waals surface area (Å²) in [5.41, 5.74) is 0. The lowest BCUT2D eigenvalue weighted by Gasteiger charge is -2.30. The first kappa shape index (κ1) is 11.6. The number of likely N-dealkylation sites (N-methyl/N-ethyl adjacent to an activating group) is 1. The molecule has 1 aromatic heterocycles. The van der Waals surface area contributed by atoms with Crippen molar-refractivity contribution in [2.45, 2.75) is 32.0 Å². The van der Waals surface area contributed by atoms with Crippen LogP contribution in [0, 0.1) is 0 Å². The number of nitrogens with one attached hydrogen (secondary N) is 1. The Bertz CT molecular complexity index is 325. The van der Waals surface area contributed by atoms with Gasteiger partial charge in [0.15, 0.2) is 0 Å². The third kappa shape index (κ3) is 3.07. The molecule has 1 aromatic rings. The van der Waals surface area contributed by atoms with E-state index in [9.17, 15) is 0 Å². The molecule has 16 heavy (non-hydrogen) atoms. The van der Waals surface area contributed by atoms with Crippen molar-refractivity contribution in [3.63, 3.8) is 0 Å². The maximum absolute atomic E-state index is 8.88. The monoisotopic (exact) mass is 224 g/mol. The molecule has 1 aliphatic rings. The van der Waals surface area contributed by atoms with E-state index in [2.05, 4.69) is 17.3 Å². The van der Waals surface area contributed by atoms with Gasteiger partial charge in [-0.2, -0.15) is 0 Å². The van der Waals surface area contributed by atoms with Gasteiger partial charge in [-0.3, -0.25) is 0 Å². The van der Waals surface area contributed by atoms with E-state index in [1.807, 2.05) is 12.1 Å². The first-order valence-corrected chi connectivity index (χ1v) is 5.88. The summed E-state index contributed by atoms with van der Waals surface area (Å²) < 4.78 is 5.42. The lowest BCUT2D eigenvalue weighted by Crippen LogP contribution is -2.43. The molecule has 0 aliphatic carbocycles. The van der Waals surface area contributed by atoms with Crippen LogP contribution in [0.5, 0.6) is 0 Å². The molecule has 0 radical (unpaired) electrons. The van der Waals surface area contributed by atoms with Crippen molar-refractivity contribution in [2.24, 2.45) is 0 Å². The van der Waals surface area contributed by atoms with Crippen LogP contribution in [0.4, 0.5) is 0 Å². The molecule has 1 saturated heterocycles. The Morgan fingerprint density at radius 2 is 2.31 bits per heavy atom. The minimum Gasteiger partial charge on any atom is -0.462 e. The number of nitrogens with zero attached hydrogens (tertiary/aromatic N) is 1. The Morgan fingerprint density at radius 1 is 1.50 bits per heavy atom. The van der Waals surface area contributed by atoms with E-state index in [1.54, 1.807) is 0 Å². The van der Waals surface area contributed by atoms with Gasteiger partial charge in [-0.1, -0.05) is 0 Å². The fourth-order valence-corrected chi connectivity index (χ4v) is 2.18. The van der Waals surface area contributed by atoms with Crippen molar-refractivity contribution < 1.29 is 9.52 Å². The van der Waals surface area contributed by atoms with Crippen LogP contribution in [-0.4, -0.2) is 36.2 Å². The smallest absolute Gasteiger partial charge is 0.129 e. The molecule has 90 valence electrons. The van der Waals surface area contributed by atoms with Gasteiger partial charge in [-0.25, -0.2) is 0 Å². The molecule has 0 amide bonds. The Hall–Kier alpha value is -0.840. The molecule has 0 saturated carbocycles. The summed E-state index contributed by atoms with van der Waals surface area (Å²) in [6, 6.07) is 4.30. The van der Waals surface area contributed by atoms with Crippen LogP contribution in [0.2, 0.25) is 0 Å². The van der Waals surface area contributed by atoms with E-state index in [1.165, 1.54) is 19.4 Å². The van der Waals surface area contributed by atoms with E-state index in [4.69, 9.17) is 9.52 Å². The molecule has 4 heteroatoms. The van der Waals surface area contributed by atoms with Gasteiger partial charge in [-0.05, 0) is 38.6 Å². The van der Waals surface area contributed by atoms with Gasteiger partial charge in [0.2, 0.25) is 0 Å². The summed E-state index contributed by atoms with van der Waals surface area (Å²) in [6.45, 7) is 3.03. The molecule has 0 bridgehead atoms. The summed E-state index contributed by atoms with van der Waals surface area (Å²) in [7, 11) is 2.16. The topological polar surface area (TPSA) is 48.6 Å². The largest absolute Gasteiger partial charge is 0.462 e. The van der Waals surface area contributed by atoms with Crippen molar-refractivity contribution >= 4 is 0 Å². The lowest BCUT2D eigenvalue weighted by molar-refractivity contribution is 0.219. The average molecular weight is 224 g/mol. The second kappa shape index (κ2) is 5.48. The number of aliphatic hydroxyl groups is 1. The zero-order chi connectivity index (χ0) is 11.4. The fraction of sp³-hybridized carbons (Fsp3) is 0.667. The highest BCUT2D eigenvalue weighted by Crippen LogP contribution is 2.11. The van der Waals surface area contributed by atoms with Gasteiger partial charge < -0.3 is 19.7 Å². The first-order chi connectivity index (χ1) is 7.78. The zero-order valence-corrected chi connectivity index (χ0v) is 9.78. The molecular weight excluding hydrogens is 204 g/mol. The van der Waals surface area contributed by atoms with Gasteiger partial charge >= 0.3 is 0 Å². The molecule has 2 N–H and O–H groups in total. The number of furan rings is 1. The number of rotatable bonds is 4. The molecule has 4 nitrogen and oxygen atoms in total. The third-order valence-electron chi connectivity index (χ3n) is 3.06. The van der Waals surface area contributed by atoms with Crippen molar-refractivity contribution in [1.82, 2.24) is 10.2 Å². The number of hydrogen-bond donors (Lipinski definition) is 2. The summed E-state index contributed by atoms with van der Waals surface area (Å²) in [5.74, 6) is 1.54. The average Bonchev–Trinajstić information content (AvgIpc) is 2.74. The molecular formula is C12H20N2O2. The minimum atomic E-state index is -0.0217. The standard InChI is InChI=1S/C12H20N2O2/c1-14-6-2-3-10(8-14)13-7-11-4-5-12(9-15)16-11/h4-5,10,13,15H,2-3,6-9H2,1H3. The molecule has 1 atom stereocenters. The first-order valence-electron chi connectivity index (χ1n) is 5.88. The van der Waals surface area contributed by atoms with Gasteiger partial charge in [0.05, 0.1) is 6.54 Å². The Kier molecular flexibility index (Phi) is 3.98. The highest BCUT2D eigenvalue weighted by Gasteiger charge is 2.16. The van der Waals surface area contributed by atoms with E-state index >= 15 is 0 Å². The lowest BCUT2D eigenvalue weighted by atomic mass is 10.1. The molecule has 1 unspecified atom stereocenters. The Balaban J connectivity index is 1.78. The summed E-state index contributed by atoms with van der Waals surface area (Å²) in [4.78, 5) is 2.35. The highest BCUT2D eigenvalue weighted by molar-refractivity contribution is 5.06. The van der Waals surface area contributed by atoms with Gasteiger partial charge in [0.25, 0.3) is 0 Å². The van der Waals surface area contributed by atoms with Gasteiger partial charge in [-0.15, -0.1) is 0 Å². The minimum absolute atomic E-state index is 0.0217. The summed E-state index contributed by atoms with van der Waals surface area (Å²) in [5, 5.41) is 12.4. The van der Waals surface area contributed by atoms with Crippen LogP contribution in [0.15, 0.2) is 16.5 Å².